The number of rotatable bonds is 11. The summed E-state index contributed by atoms with van der Waals surface area (Å²) in [4.78, 5) is 38.5. The lowest BCUT2D eigenvalue weighted by Crippen LogP contribution is -2.37. The van der Waals surface area contributed by atoms with Crippen molar-refractivity contribution < 1.29 is 33.3 Å². The third kappa shape index (κ3) is 6.22. The molecule has 180 valence electrons. The number of methoxy groups -OCH3 is 3. The van der Waals surface area contributed by atoms with Crippen molar-refractivity contribution >= 4 is 34.9 Å². The number of hydrogen-bond donors (Lipinski definition) is 1. The average molecular weight is 487 g/mol. The van der Waals surface area contributed by atoms with Crippen LogP contribution in [0, 0.1) is 0 Å². The molecule has 0 aliphatic carbocycles. The van der Waals surface area contributed by atoms with E-state index in [4.69, 9.17) is 18.9 Å². The number of para-hydroxylation sites is 2. The number of nitrogens with zero attached hydrogens (tertiary/aromatic N) is 1. The molecule has 0 spiro atoms. The van der Waals surface area contributed by atoms with E-state index in [-0.39, 0.29) is 37.3 Å². The fourth-order valence-electron chi connectivity index (χ4n) is 3.17. The van der Waals surface area contributed by atoms with Gasteiger partial charge in [-0.3, -0.25) is 19.3 Å². The fraction of sp³-hybridized carbons (Fsp3) is 0.292. The highest BCUT2D eigenvalue weighted by atomic mass is 32.2. The summed E-state index contributed by atoms with van der Waals surface area (Å²) in [7, 11) is 4.60. The van der Waals surface area contributed by atoms with Crippen molar-refractivity contribution in [3.63, 3.8) is 0 Å². The molecule has 2 aromatic rings. The number of hydrogen-bond acceptors (Lipinski definition) is 8. The highest BCUT2D eigenvalue weighted by Gasteiger charge is 2.34. The molecule has 1 N–H and O–H groups in total. The van der Waals surface area contributed by atoms with Crippen LogP contribution < -0.4 is 24.3 Å². The normalized spacial score (nSPS) is 14.3. The number of carbonyl (C=O) groups excluding carboxylic acids is 3. The predicted molar refractivity (Wildman–Crippen MR) is 128 cm³/mol. The number of nitrogens with one attached hydrogen (secondary N) is 1. The summed E-state index contributed by atoms with van der Waals surface area (Å²) in [5, 5.41) is 2.32. The molecule has 0 atom stereocenters. The minimum atomic E-state index is -0.404. The van der Waals surface area contributed by atoms with Gasteiger partial charge in [-0.2, -0.15) is 0 Å². The van der Waals surface area contributed by atoms with Gasteiger partial charge in [0.25, 0.3) is 11.1 Å². The second-order valence-electron chi connectivity index (χ2n) is 7.05. The van der Waals surface area contributed by atoms with Gasteiger partial charge in [0.05, 0.1) is 39.3 Å². The zero-order chi connectivity index (χ0) is 24.5. The topological polar surface area (TPSA) is 103 Å². The Labute approximate surface area is 202 Å². The van der Waals surface area contributed by atoms with Crippen LogP contribution in [-0.4, -0.2) is 63.0 Å². The third-order valence-electron chi connectivity index (χ3n) is 4.89. The second-order valence-corrected chi connectivity index (χ2v) is 8.04. The van der Waals surface area contributed by atoms with E-state index in [1.165, 1.54) is 14.2 Å². The van der Waals surface area contributed by atoms with Crippen LogP contribution in [0.3, 0.4) is 0 Å². The highest BCUT2D eigenvalue weighted by molar-refractivity contribution is 8.18. The van der Waals surface area contributed by atoms with Gasteiger partial charge < -0.3 is 24.3 Å². The second kappa shape index (κ2) is 12.0. The summed E-state index contributed by atoms with van der Waals surface area (Å²) in [6.07, 6.45) is 1.75. The molecular weight excluding hydrogens is 460 g/mol. The van der Waals surface area contributed by atoms with Crippen molar-refractivity contribution in [3.8, 4) is 23.0 Å². The fourth-order valence-corrected chi connectivity index (χ4v) is 4.04. The van der Waals surface area contributed by atoms with E-state index < -0.39 is 5.91 Å². The Bertz CT molecular complexity index is 1090. The van der Waals surface area contributed by atoms with Crippen LogP contribution in [0.1, 0.15) is 12.0 Å². The van der Waals surface area contributed by atoms with Gasteiger partial charge >= 0.3 is 0 Å². The molecule has 2 aromatic carbocycles. The van der Waals surface area contributed by atoms with E-state index in [1.807, 2.05) is 12.1 Å². The molecule has 3 amide bonds. The van der Waals surface area contributed by atoms with E-state index in [2.05, 4.69) is 5.32 Å². The first-order valence-electron chi connectivity index (χ1n) is 10.5. The third-order valence-corrected chi connectivity index (χ3v) is 5.80. The Morgan fingerprint density at radius 1 is 0.971 bits per heavy atom. The first kappa shape index (κ1) is 25.0. The minimum absolute atomic E-state index is 0.0764. The molecule has 3 rings (SSSR count). The molecule has 0 unspecified atom stereocenters. The Morgan fingerprint density at radius 2 is 1.65 bits per heavy atom. The molecule has 0 saturated carbocycles. The summed E-state index contributed by atoms with van der Waals surface area (Å²) in [6, 6.07) is 12.4. The van der Waals surface area contributed by atoms with Crippen LogP contribution in [0.25, 0.3) is 6.08 Å². The maximum Gasteiger partial charge on any atom is 0.293 e. The van der Waals surface area contributed by atoms with Gasteiger partial charge in [0.2, 0.25) is 5.91 Å². The minimum Gasteiger partial charge on any atom is -0.493 e. The first-order valence-corrected chi connectivity index (χ1v) is 11.3. The van der Waals surface area contributed by atoms with Gasteiger partial charge in [-0.25, -0.2) is 0 Å². The lowest BCUT2D eigenvalue weighted by Gasteiger charge is -2.13. The Kier molecular flexibility index (Phi) is 8.80. The number of ether oxygens (including phenoxy) is 4. The molecule has 34 heavy (non-hydrogen) atoms. The Hall–Kier alpha value is -3.66. The van der Waals surface area contributed by atoms with Crippen LogP contribution >= 0.6 is 11.8 Å². The van der Waals surface area contributed by atoms with Gasteiger partial charge in [0.1, 0.15) is 0 Å². The summed E-state index contributed by atoms with van der Waals surface area (Å²) in [6.45, 7) is 0.393. The highest BCUT2D eigenvalue weighted by Crippen LogP contribution is 2.34. The van der Waals surface area contributed by atoms with Crippen LogP contribution in [0.5, 0.6) is 23.0 Å². The monoisotopic (exact) mass is 486 g/mol. The lowest BCUT2D eigenvalue weighted by molar-refractivity contribution is -0.124. The number of imide groups is 1. The molecule has 0 radical (unpaired) electrons. The molecule has 1 heterocycles. The first-order chi connectivity index (χ1) is 16.5. The van der Waals surface area contributed by atoms with Crippen molar-refractivity contribution in [2.75, 3.05) is 41.0 Å². The maximum atomic E-state index is 12.7. The summed E-state index contributed by atoms with van der Waals surface area (Å²) in [5.41, 5.74) is 0.700. The van der Waals surface area contributed by atoms with E-state index in [9.17, 15) is 14.4 Å². The molecule has 1 aliphatic heterocycles. The van der Waals surface area contributed by atoms with Crippen molar-refractivity contribution in [3.05, 3.63) is 52.9 Å². The van der Waals surface area contributed by atoms with Crippen LogP contribution in [0.15, 0.2) is 47.4 Å². The summed E-state index contributed by atoms with van der Waals surface area (Å²) >= 11 is 0.856. The Morgan fingerprint density at radius 3 is 2.35 bits per heavy atom. The van der Waals surface area contributed by atoms with Gasteiger partial charge in [0.15, 0.2) is 23.0 Å². The Balaban J connectivity index is 1.48. The van der Waals surface area contributed by atoms with Crippen molar-refractivity contribution in [1.82, 2.24) is 10.2 Å². The zero-order valence-electron chi connectivity index (χ0n) is 19.2. The number of amides is 3. The molecule has 9 nitrogen and oxygen atoms in total. The average Bonchev–Trinajstić information content (AvgIpc) is 3.11. The van der Waals surface area contributed by atoms with Crippen LogP contribution in [-0.2, 0) is 9.59 Å². The molecule has 10 heteroatoms. The van der Waals surface area contributed by atoms with E-state index in [0.29, 0.717) is 33.5 Å². The van der Waals surface area contributed by atoms with Gasteiger partial charge in [0, 0.05) is 13.1 Å². The molecule has 1 fully saturated rings. The maximum absolute atomic E-state index is 12.7. The van der Waals surface area contributed by atoms with Crippen molar-refractivity contribution in [1.29, 1.82) is 0 Å². The van der Waals surface area contributed by atoms with Gasteiger partial charge in [-0.1, -0.05) is 18.2 Å². The van der Waals surface area contributed by atoms with E-state index in [0.717, 1.165) is 16.7 Å². The van der Waals surface area contributed by atoms with E-state index >= 15 is 0 Å². The van der Waals surface area contributed by atoms with E-state index in [1.54, 1.807) is 43.5 Å². The number of benzene rings is 2. The van der Waals surface area contributed by atoms with Gasteiger partial charge in [-0.15, -0.1) is 0 Å². The van der Waals surface area contributed by atoms with Crippen LogP contribution in [0.2, 0.25) is 0 Å². The predicted octanol–water partition coefficient (Wildman–Crippen LogP) is 3.33. The van der Waals surface area contributed by atoms with Crippen molar-refractivity contribution in [2.24, 2.45) is 0 Å². The molecule has 0 aromatic heterocycles. The standard InChI is InChI=1S/C24H26N2O7S/c1-30-17-6-4-5-7-19(17)33-13-10-22(27)25-11-12-26-23(28)21(34-24(26)29)15-16-8-9-18(31-2)20(14-16)32-3/h4-9,14-15H,10-13H2,1-3H3,(H,25,27)/b21-15-. The zero-order valence-corrected chi connectivity index (χ0v) is 20.0. The number of thioether (sulfide) groups is 1. The lowest BCUT2D eigenvalue weighted by atomic mass is 10.2. The van der Waals surface area contributed by atoms with Crippen LogP contribution in [0.4, 0.5) is 4.79 Å². The molecular formula is C24H26N2O7S. The molecule has 1 aliphatic rings. The molecule has 1 saturated heterocycles. The SMILES string of the molecule is COc1ccc(/C=C2\SC(=O)N(CCNC(=O)CCOc3ccccc3OC)C2=O)cc1OC. The quantitative estimate of drug-likeness (QED) is 0.483. The number of carbonyl (C=O) groups is 3. The van der Waals surface area contributed by atoms with Gasteiger partial charge in [-0.05, 0) is 47.7 Å². The smallest absolute Gasteiger partial charge is 0.293 e. The summed E-state index contributed by atoms with van der Waals surface area (Å²) in [5.74, 6) is 1.58. The van der Waals surface area contributed by atoms with Crippen molar-refractivity contribution in [2.45, 2.75) is 6.42 Å². The molecule has 0 bridgehead atoms. The summed E-state index contributed by atoms with van der Waals surface area (Å²) < 4.78 is 21.3. The largest absolute Gasteiger partial charge is 0.493 e.